The van der Waals surface area contributed by atoms with Gasteiger partial charge in [-0.2, -0.15) is 0 Å². The fourth-order valence-electron chi connectivity index (χ4n) is 6.91. The van der Waals surface area contributed by atoms with Crippen LogP contribution in [0.1, 0.15) is 38.8 Å². The summed E-state index contributed by atoms with van der Waals surface area (Å²) >= 11 is 0. The van der Waals surface area contributed by atoms with Crippen LogP contribution in [0.2, 0.25) is 0 Å². The summed E-state index contributed by atoms with van der Waals surface area (Å²) < 4.78 is 8.99. The summed E-state index contributed by atoms with van der Waals surface area (Å²) in [6.07, 6.45) is 0. The first-order valence-electron chi connectivity index (χ1n) is 13.5. The standard InChI is InChI=1S/C36H29NO/c1-35(2)29-21-22(37-30-14-8-5-11-24(30)25-12-6-9-15-31(25)37)17-18-23(29)27-19-20-28-26-13-7-10-16-32(26)38-34(28)33(27)36(35,3)4/h5-21H,1-4H3. The maximum absolute atomic E-state index is 6.57. The summed E-state index contributed by atoms with van der Waals surface area (Å²) in [5.41, 5.74) is 10.7. The molecule has 0 spiro atoms. The number of hydrogen-bond acceptors (Lipinski definition) is 1. The SMILES string of the molecule is CC1(C)c2cc(-n3c4ccccc4c4ccccc43)ccc2-c2ccc3c(oc4ccccc43)c2C1(C)C. The summed E-state index contributed by atoms with van der Waals surface area (Å²) in [5, 5.41) is 4.97. The molecule has 0 amide bonds. The Hall–Kier alpha value is -4.30. The predicted octanol–water partition coefficient (Wildman–Crippen LogP) is 9.92. The van der Waals surface area contributed by atoms with Crippen molar-refractivity contribution in [3.05, 3.63) is 114 Å². The van der Waals surface area contributed by atoms with Crippen LogP contribution in [-0.4, -0.2) is 4.57 Å². The van der Waals surface area contributed by atoms with E-state index in [1.54, 1.807) is 0 Å². The van der Waals surface area contributed by atoms with Gasteiger partial charge in [-0.05, 0) is 58.5 Å². The van der Waals surface area contributed by atoms with E-state index in [4.69, 9.17) is 4.42 Å². The Labute approximate surface area is 222 Å². The van der Waals surface area contributed by atoms with Crippen molar-refractivity contribution in [3.63, 3.8) is 0 Å². The van der Waals surface area contributed by atoms with Crippen molar-refractivity contribution in [1.82, 2.24) is 4.57 Å². The molecule has 184 valence electrons. The molecule has 0 bridgehead atoms. The lowest BCUT2D eigenvalue weighted by Gasteiger charge is -2.48. The summed E-state index contributed by atoms with van der Waals surface area (Å²) in [7, 11) is 0. The molecule has 1 aliphatic rings. The molecule has 0 fully saturated rings. The van der Waals surface area contributed by atoms with Crippen LogP contribution < -0.4 is 0 Å². The van der Waals surface area contributed by atoms with Gasteiger partial charge >= 0.3 is 0 Å². The van der Waals surface area contributed by atoms with Gasteiger partial charge in [-0.3, -0.25) is 0 Å². The maximum Gasteiger partial charge on any atom is 0.139 e. The van der Waals surface area contributed by atoms with Crippen molar-refractivity contribution < 1.29 is 4.42 Å². The Morgan fingerprint density at radius 2 is 1.16 bits per heavy atom. The molecule has 7 aromatic rings. The Kier molecular flexibility index (Phi) is 4.10. The molecule has 5 aromatic carbocycles. The van der Waals surface area contributed by atoms with Gasteiger partial charge in [-0.1, -0.05) is 94.4 Å². The molecule has 0 saturated carbocycles. The topological polar surface area (TPSA) is 18.1 Å². The van der Waals surface area contributed by atoms with Gasteiger partial charge in [0.1, 0.15) is 11.2 Å². The molecule has 0 unspecified atom stereocenters. The van der Waals surface area contributed by atoms with Crippen molar-refractivity contribution >= 4 is 43.7 Å². The highest BCUT2D eigenvalue weighted by Gasteiger charge is 2.47. The number of aromatic nitrogens is 1. The van der Waals surface area contributed by atoms with Crippen LogP contribution in [0.25, 0.3) is 60.6 Å². The van der Waals surface area contributed by atoms with Crippen LogP contribution in [0, 0.1) is 0 Å². The molecule has 38 heavy (non-hydrogen) atoms. The number of furan rings is 1. The van der Waals surface area contributed by atoms with Crippen LogP contribution in [0.15, 0.2) is 108 Å². The Morgan fingerprint density at radius 3 is 1.87 bits per heavy atom. The number of rotatable bonds is 1. The lowest BCUT2D eigenvalue weighted by Crippen LogP contribution is -2.43. The lowest BCUT2D eigenvalue weighted by atomic mass is 9.55. The van der Waals surface area contributed by atoms with Crippen LogP contribution in [0.3, 0.4) is 0 Å². The summed E-state index contributed by atoms with van der Waals surface area (Å²) in [5.74, 6) is 0. The van der Waals surface area contributed by atoms with E-state index in [-0.39, 0.29) is 10.8 Å². The number of fused-ring (bicyclic) bond motifs is 10. The molecule has 2 heterocycles. The first-order valence-corrected chi connectivity index (χ1v) is 13.5. The monoisotopic (exact) mass is 491 g/mol. The van der Waals surface area contributed by atoms with Crippen molar-refractivity contribution in [3.8, 4) is 16.8 Å². The molecule has 0 saturated heterocycles. The van der Waals surface area contributed by atoms with E-state index in [1.807, 2.05) is 0 Å². The molecule has 0 aliphatic heterocycles. The van der Waals surface area contributed by atoms with Crippen molar-refractivity contribution in [2.24, 2.45) is 0 Å². The fourth-order valence-corrected chi connectivity index (χ4v) is 6.91. The zero-order valence-corrected chi connectivity index (χ0v) is 22.2. The summed E-state index contributed by atoms with van der Waals surface area (Å²) in [4.78, 5) is 0. The second-order valence-electron chi connectivity index (χ2n) is 11.8. The van der Waals surface area contributed by atoms with E-state index in [1.165, 1.54) is 60.5 Å². The van der Waals surface area contributed by atoms with Gasteiger partial charge in [-0.15, -0.1) is 0 Å². The Bertz CT molecular complexity index is 2030. The second-order valence-corrected chi connectivity index (χ2v) is 11.8. The van der Waals surface area contributed by atoms with Crippen molar-refractivity contribution in [2.45, 2.75) is 38.5 Å². The first kappa shape index (κ1) is 21.8. The van der Waals surface area contributed by atoms with Crippen molar-refractivity contribution in [2.75, 3.05) is 0 Å². The highest BCUT2D eigenvalue weighted by atomic mass is 16.3. The molecule has 0 atom stereocenters. The molecule has 1 aliphatic carbocycles. The van der Waals surface area contributed by atoms with Crippen LogP contribution in [0.4, 0.5) is 0 Å². The average Bonchev–Trinajstić information content (AvgIpc) is 3.47. The molecule has 0 N–H and O–H groups in total. The second kappa shape index (κ2) is 7.17. The third kappa shape index (κ3) is 2.58. The molecular formula is C36H29NO. The third-order valence-electron chi connectivity index (χ3n) is 9.54. The van der Waals surface area contributed by atoms with Crippen molar-refractivity contribution in [1.29, 1.82) is 0 Å². The van der Waals surface area contributed by atoms with Gasteiger partial charge in [0.25, 0.3) is 0 Å². The third-order valence-corrected chi connectivity index (χ3v) is 9.54. The number of nitrogens with zero attached hydrogens (tertiary/aromatic N) is 1. The van der Waals surface area contributed by atoms with Crippen LogP contribution >= 0.6 is 0 Å². The number of para-hydroxylation sites is 3. The van der Waals surface area contributed by atoms with E-state index in [2.05, 4.69) is 135 Å². The highest BCUT2D eigenvalue weighted by molar-refractivity contribution is 6.10. The van der Waals surface area contributed by atoms with E-state index in [9.17, 15) is 0 Å². The van der Waals surface area contributed by atoms with Crippen LogP contribution in [0.5, 0.6) is 0 Å². The quantitative estimate of drug-likeness (QED) is 0.223. The predicted molar refractivity (Wildman–Crippen MR) is 160 cm³/mol. The molecule has 8 rings (SSSR count). The summed E-state index contributed by atoms with van der Waals surface area (Å²) in [6, 6.07) is 37.5. The van der Waals surface area contributed by atoms with E-state index in [0.717, 1.165) is 11.2 Å². The summed E-state index contributed by atoms with van der Waals surface area (Å²) in [6.45, 7) is 9.56. The zero-order valence-electron chi connectivity index (χ0n) is 22.2. The van der Waals surface area contributed by atoms with Gasteiger partial charge in [0.2, 0.25) is 0 Å². The first-order chi connectivity index (χ1) is 18.4. The average molecular weight is 492 g/mol. The van der Waals surface area contributed by atoms with Gasteiger partial charge < -0.3 is 8.98 Å². The fraction of sp³-hybridized carbons (Fsp3) is 0.167. The van der Waals surface area contributed by atoms with E-state index < -0.39 is 0 Å². The van der Waals surface area contributed by atoms with Gasteiger partial charge in [-0.25, -0.2) is 0 Å². The van der Waals surface area contributed by atoms with Gasteiger partial charge in [0.05, 0.1) is 11.0 Å². The smallest absolute Gasteiger partial charge is 0.139 e. The number of benzene rings is 5. The minimum absolute atomic E-state index is 0.128. The number of hydrogen-bond donors (Lipinski definition) is 0. The Balaban J connectivity index is 1.44. The Morgan fingerprint density at radius 1 is 0.553 bits per heavy atom. The minimum atomic E-state index is -0.151. The van der Waals surface area contributed by atoms with Crippen LogP contribution in [-0.2, 0) is 10.8 Å². The molecule has 2 nitrogen and oxygen atoms in total. The lowest BCUT2D eigenvalue weighted by molar-refractivity contribution is 0.299. The molecule has 2 heteroatoms. The molecular weight excluding hydrogens is 462 g/mol. The maximum atomic E-state index is 6.57. The van der Waals surface area contributed by atoms with E-state index in [0.29, 0.717) is 0 Å². The normalized spacial score (nSPS) is 15.8. The highest BCUT2D eigenvalue weighted by Crippen LogP contribution is 2.56. The van der Waals surface area contributed by atoms with Gasteiger partial charge in [0.15, 0.2) is 0 Å². The van der Waals surface area contributed by atoms with E-state index >= 15 is 0 Å². The molecule has 2 aromatic heterocycles. The minimum Gasteiger partial charge on any atom is -0.456 e. The molecule has 0 radical (unpaired) electrons. The largest absolute Gasteiger partial charge is 0.456 e. The zero-order chi connectivity index (χ0) is 25.8. The van der Waals surface area contributed by atoms with Gasteiger partial charge in [0, 0.05) is 38.2 Å².